The average Bonchev–Trinajstić information content (AvgIpc) is 2.85. The summed E-state index contributed by atoms with van der Waals surface area (Å²) in [6, 6.07) is 18.0. The van der Waals surface area contributed by atoms with Gasteiger partial charge in [0.1, 0.15) is 0 Å². The van der Waals surface area contributed by atoms with Gasteiger partial charge in [-0.1, -0.05) is 48.5 Å². The van der Waals surface area contributed by atoms with Gasteiger partial charge in [0, 0.05) is 45.3 Å². The molecule has 2 aromatic rings. The first-order valence-corrected chi connectivity index (χ1v) is 11.0. The maximum Gasteiger partial charge on any atom is 0.254 e. The minimum atomic E-state index is -0.111. The Hall–Kier alpha value is -2.88. The predicted octanol–water partition coefficient (Wildman–Crippen LogP) is 2.74. The summed E-state index contributed by atoms with van der Waals surface area (Å²) >= 11 is 0. The summed E-state index contributed by atoms with van der Waals surface area (Å²) in [5, 5.41) is 6.16. The van der Waals surface area contributed by atoms with Gasteiger partial charge in [-0.15, -0.1) is 24.0 Å². The van der Waals surface area contributed by atoms with E-state index in [1.807, 2.05) is 30.3 Å². The van der Waals surface area contributed by atoms with Crippen molar-refractivity contribution in [2.45, 2.75) is 13.0 Å². The number of piperazine rings is 1. The van der Waals surface area contributed by atoms with Gasteiger partial charge in [0.2, 0.25) is 5.91 Å². The van der Waals surface area contributed by atoms with Crippen molar-refractivity contribution in [1.29, 1.82) is 0 Å². The molecule has 2 aromatic carbocycles. The number of halogens is 1. The van der Waals surface area contributed by atoms with Gasteiger partial charge in [0.15, 0.2) is 5.96 Å². The summed E-state index contributed by atoms with van der Waals surface area (Å²) in [4.78, 5) is 32.4. The minimum absolute atomic E-state index is 0. The Balaban J connectivity index is 0.00000306. The molecule has 0 radical (unpaired) electrons. The molecule has 1 fully saturated rings. The van der Waals surface area contributed by atoms with Crippen molar-refractivity contribution in [2.24, 2.45) is 4.99 Å². The predicted molar refractivity (Wildman–Crippen MR) is 142 cm³/mol. The summed E-state index contributed by atoms with van der Waals surface area (Å²) in [7, 11) is 1.80. The zero-order valence-electron chi connectivity index (χ0n) is 18.8. The quantitative estimate of drug-likeness (QED) is 0.343. The molecule has 0 atom stereocenters. The Morgan fingerprint density at radius 2 is 1.82 bits per heavy atom. The van der Waals surface area contributed by atoms with Crippen molar-refractivity contribution >= 4 is 47.3 Å². The van der Waals surface area contributed by atoms with Crippen molar-refractivity contribution in [2.75, 3.05) is 39.8 Å². The highest BCUT2D eigenvalue weighted by Gasteiger charge is 2.22. The lowest BCUT2D eigenvalue weighted by Gasteiger charge is -2.30. The number of nitrogens with one attached hydrogen (secondary N) is 2. The summed E-state index contributed by atoms with van der Waals surface area (Å²) in [6.07, 6.45) is 3.25. The highest BCUT2D eigenvalue weighted by Crippen LogP contribution is 2.22. The van der Waals surface area contributed by atoms with E-state index < -0.39 is 0 Å². The molecular weight excluding hydrogens is 529 g/mol. The number of hydrogen-bond donors (Lipinski definition) is 2. The maximum atomic E-state index is 12.6. The molecule has 8 heteroatoms. The highest BCUT2D eigenvalue weighted by molar-refractivity contribution is 14.0. The second-order valence-electron chi connectivity index (χ2n) is 7.97. The zero-order chi connectivity index (χ0) is 22.3. The average molecular weight is 559 g/mol. The SMILES string of the molecule is CN=C(NCc1ccc(C(=O)N2CCNC(=O)C2)cc1)N1CC=C(c2ccccc2)CC1.I. The van der Waals surface area contributed by atoms with E-state index in [-0.39, 0.29) is 42.3 Å². The van der Waals surface area contributed by atoms with Crippen LogP contribution in [0.5, 0.6) is 0 Å². The molecule has 0 unspecified atom stereocenters. The Labute approximate surface area is 212 Å². The largest absolute Gasteiger partial charge is 0.353 e. The molecule has 2 aliphatic heterocycles. The van der Waals surface area contributed by atoms with Gasteiger partial charge in [-0.3, -0.25) is 14.6 Å². The Kier molecular flexibility index (Phi) is 8.87. The second kappa shape index (κ2) is 11.8. The highest BCUT2D eigenvalue weighted by atomic mass is 127. The number of amides is 2. The molecule has 0 aliphatic carbocycles. The Bertz CT molecular complexity index is 1020. The van der Waals surface area contributed by atoms with E-state index in [0.29, 0.717) is 25.2 Å². The molecule has 174 valence electrons. The number of guanidine groups is 1. The van der Waals surface area contributed by atoms with Crippen LogP contribution in [-0.2, 0) is 11.3 Å². The van der Waals surface area contributed by atoms with E-state index in [2.05, 4.69) is 50.9 Å². The molecule has 2 heterocycles. The molecule has 33 heavy (non-hydrogen) atoms. The van der Waals surface area contributed by atoms with Crippen LogP contribution >= 0.6 is 24.0 Å². The number of carbonyl (C=O) groups excluding carboxylic acids is 2. The third-order valence-electron chi connectivity index (χ3n) is 5.84. The summed E-state index contributed by atoms with van der Waals surface area (Å²) in [5.41, 5.74) is 4.33. The van der Waals surface area contributed by atoms with Crippen molar-refractivity contribution in [3.8, 4) is 0 Å². The number of rotatable bonds is 4. The van der Waals surface area contributed by atoms with Gasteiger partial charge in [0.05, 0.1) is 6.54 Å². The summed E-state index contributed by atoms with van der Waals surface area (Å²) in [5.74, 6) is 0.651. The van der Waals surface area contributed by atoms with E-state index in [4.69, 9.17) is 0 Å². The lowest BCUT2D eigenvalue weighted by Crippen LogP contribution is -2.49. The van der Waals surface area contributed by atoms with Crippen molar-refractivity contribution in [3.63, 3.8) is 0 Å². The smallest absolute Gasteiger partial charge is 0.254 e. The van der Waals surface area contributed by atoms with Crippen LogP contribution in [0.2, 0.25) is 0 Å². The fraction of sp³-hybridized carbons (Fsp3) is 0.320. The zero-order valence-corrected chi connectivity index (χ0v) is 21.1. The van der Waals surface area contributed by atoms with Crippen LogP contribution in [0.4, 0.5) is 0 Å². The number of hydrogen-bond acceptors (Lipinski definition) is 3. The molecule has 7 nitrogen and oxygen atoms in total. The van der Waals surface area contributed by atoms with Crippen LogP contribution < -0.4 is 10.6 Å². The van der Waals surface area contributed by atoms with Crippen LogP contribution in [0, 0.1) is 0 Å². The van der Waals surface area contributed by atoms with Gasteiger partial charge < -0.3 is 20.4 Å². The maximum absolute atomic E-state index is 12.6. The van der Waals surface area contributed by atoms with Crippen molar-refractivity contribution < 1.29 is 9.59 Å². The second-order valence-corrected chi connectivity index (χ2v) is 7.97. The molecule has 1 saturated heterocycles. The molecule has 0 aromatic heterocycles. The lowest BCUT2D eigenvalue weighted by atomic mass is 10.00. The molecule has 0 saturated carbocycles. The molecule has 0 bridgehead atoms. The van der Waals surface area contributed by atoms with E-state index in [1.54, 1.807) is 11.9 Å². The van der Waals surface area contributed by atoms with Gasteiger partial charge in [-0.05, 0) is 35.3 Å². The number of nitrogens with zero attached hydrogens (tertiary/aromatic N) is 3. The summed E-state index contributed by atoms with van der Waals surface area (Å²) < 4.78 is 0. The van der Waals surface area contributed by atoms with Crippen molar-refractivity contribution in [3.05, 3.63) is 77.4 Å². The lowest BCUT2D eigenvalue weighted by molar-refractivity contribution is -0.123. The van der Waals surface area contributed by atoms with Crippen LogP contribution in [0.3, 0.4) is 0 Å². The fourth-order valence-corrected chi connectivity index (χ4v) is 4.05. The molecular formula is C25H30IN5O2. The van der Waals surface area contributed by atoms with E-state index in [1.165, 1.54) is 11.1 Å². The van der Waals surface area contributed by atoms with Gasteiger partial charge in [-0.2, -0.15) is 0 Å². The monoisotopic (exact) mass is 559 g/mol. The first-order valence-electron chi connectivity index (χ1n) is 11.0. The van der Waals surface area contributed by atoms with Crippen molar-refractivity contribution in [1.82, 2.24) is 20.4 Å². The topological polar surface area (TPSA) is 77.0 Å². The van der Waals surface area contributed by atoms with Gasteiger partial charge >= 0.3 is 0 Å². The number of carbonyl (C=O) groups is 2. The molecule has 0 spiro atoms. The van der Waals surface area contributed by atoms with Crippen LogP contribution in [0.1, 0.15) is 27.9 Å². The minimum Gasteiger partial charge on any atom is -0.353 e. The van der Waals surface area contributed by atoms with Crippen LogP contribution in [0.15, 0.2) is 65.7 Å². The van der Waals surface area contributed by atoms with Crippen LogP contribution in [-0.4, -0.2) is 67.3 Å². The number of aliphatic imine (C=N–C) groups is 1. The summed E-state index contributed by atoms with van der Waals surface area (Å²) in [6.45, 7) is 3.52. The Morgan fingerprint density at radius 1 is 1.06 bits per heavy atom. The third-order valence-corrected chi connectivity index (χ3v) is 5.84. The van der Waals surface area contributed by atoms with E-state index in [9.17, 15) is 9.59 Å². The standard InChI is InChI=1S/C25H29N5O2.HI/c1-26-25(29-14-11-21(12-15-29)20-5-3-2-4-6-20)28-17-19-7-9-22(10-8-19)24(32)30-16-13-27-23(31)18-30;/h2-11H,12-18H2,1H3,(H,26,28)(H,27,31);1H. The first kappa shape index (κ1) is 24.8. The number of benzene rings is 2. The molecule has 2 N–H and O–H groups in total. The van der Waals surface area contributed by atoms with Crippen LogP contribution in [0.25, 0.3) is 5.57 Å². The molecule has 2 amide bonds. The Morgan fingerprint density at radius 3 is 2.45 bits per heavy atom. The fourth-order valence-electron chi connectivity index (χ4n) is 4.05. The molecule has 4 rings (SSSR count). The normalized spacial score (nSPS) is 16.5. The van der Waals surface area contributed by atoms with Gasteiger partial charge in [-0.25, -0.2) is 0 Å². The van der Waals surface area contributed by atoms with E-state index >= 15 is 0 Å². The van der Waals surface area contributed by atoms with E-state index in [0.717, 1.165) is 31.0 Å². The van der Waals surface area contributed by atoms with Gasteiger partial charge in [0.25, 0.3) is 5.91 Å². The molecule has 2 aliphatic rings. The first-order chi connectivity index (χ1) is 15.6. The third kappa shape index (κ3) is 6.34.